The fourth-order valence-electron chi connectivity index (χ4n) is 5.41. The van der Waals surface area contributed by atoms with Crippen molar-refractivity contribution in [1.29, 1.82) is 0 Å². The van der Waals surface area contributed by atoms with Crippen LogP contribution in [0, 0.1) is 5.92 Å². The van der Waals surface area contributed by atoms with Crippen molar-refractivity contribution >= 4 is 16.7 Å². The minimum atomic E-state index is -0.903. The normalized spacial score (nSPS) is 13.4. The summed E-state index contributed by atoms with van der Waals surface area (Å²) >= 11 is 0. The van der Waals surface area contributed by atoms with Crippen molar-refractivity contribution in [3.63, 3.8) is 0 Å². The fourth-order valence-corrected chi connectivity index (χ4v) is 5.41. The van der Waals surface area contributed by atoms with Gasteiger partial charge in [-0.25, -0.2) is 4.79 Å². The van der Waals surface area contributed by atoms with Crippen LogP contribution < -0.4 is 5.32 Å². The Morgan fingerprint density at radius 3 is 2.34 bits per heavy atom. The van der Waals surface area contributed by atoms with Crippen LogP contribution in [0.3, 0.4) is 0 Å². The molecular weight excluding hydrogens is 510 g/mol. The van der Waals surface area contributed by atoms with Gasteiger partial charge in [-0.05, 0) is 84.2 Å². The average Bonchev–Trinajstić information content (AvgIpc) is 2.94. The van der Waals surface area contributed by atoms with Gasteiger partial charge in [-0.15, -0.1) is 0 Å². The molecule has 1 unspecified atom stereocenters. The largest absolute Gasteiger partial charge is 0.478 e. The van der Waals surface area contributed by atoms with Gasteiger partial charge in [-0.3, -0.25) is 0 Å². The molecule has 0 saturated heterocycles. The molecule has 4 aromatic carbocycles. The Morgan fingerprint density at radius 1 is 0.902 bits per heavy atom. The minimum absolute atomic E-state index is 0.197. The lowest BCUT2D eigenvalue weighted by Gasteiger charge is -2.28. The number of carbonyl (C=O) groups is 1. The number of nitrogens with one attached hydrogen (secondary N) is 1. The maximum atomic E-state index is 11.8. The second-order valence-electron chi connectivity index (χ2n) is 12.1. The summed E-state index contributed by atoms with van der Waals surface area (Å²) < 4.78 is 6.16. The average molecular weight is 554 g/mol. The van der Waals surface area contributed by atoms with E-state index in [1.54, 1.807) is 6.07 Å². The molecule has 2 atom stereocenters. The maximum absolute atomic E-state index is 11.8. The quantitative estimate of drug-likeness (QED) is 0.160. The predicted molar refractivity (Wildman–Crippen MR) is 167 cm³/mol. The van der Waals surface area contributed by atoms with Crippen LogP contribution in [-0.2, 0) is 17.6 Å². The summed E-state index contributed by atoms with van der Waals surface area (Å²) in [4.78, 5) is 11.8. The molecule has 0 aromatic heterocycles. The number of carboxylic acid groups (broad SMARTS) is 1. The van der Waals surface area contributed by atoms with Crippen molar-refractivity contribution in [2.45, 2.75) is 65.2 Å². The number of carboxylic acids is 1. The summed E-state index contributed by atoms with van der Waals surface area (Å²) in [7, 11) is 0. The lowest BCUT2D eigenvalue weighted by molar-refractivity contribution is -0.00397. The van der Waals surface area contributed by atoms with Crippen molar-refractivity contribution in [2.75, 3.05) is 13.2 Å². The molecular formula is C36H43NO4. The summed E-state index contributed by atoms with van der Waals surface area (Å²) in [6, 6.07) is 28.5. The number of rotatable bonds is 13. The summed E-state index contributed by atoms with van der Waals surface area (Å²) in [6.45, 7) is 11.1. The molecule has 0 saturated carbocycles. The molecule has 0 aliphatic rings. The van der Waals surface area contributed by atoms with Gasteiger partial charge in [-0.2, -0.15) is 0 Å². The second kappa shape index (κ2) is 13.4. The number of ether oxygens (including phenoxy) is 1. The van der Waals surface area contributed by atoms with Crippen LogP contribution in [0.1, 0.15) is 67.8 Å². The highest BCUT2D eigenvalue weighted by Crippen LogP contribution is 2.32. The lowest BCUT2D eigenvalue weighted by atomic mass is 9.91. The van der Waals surface area contributed by atoms with Gasteiger partial charge in [0, 0.05) is 12.1 Å². The Morgan fingerprint density at radius 2 is 1.61 bits per heavy atom. The summed E-state index contributed by atoms with van der Waals surface area (Å²) in [6.07, 6.45) is 0.626. The highest BCUT2D eigenvalue weighted by atomic mass is 16.5. The van der Waals surface area contributed by atoms with E-state index < -0.39 is 12.1 Å². The zero-order valence-electron chi connectivity index (χ0n) is 24.9. The number of hydrogen-bond donors (Lipinski definition) is 3. The highest BCUT2D eigenvalue weighted by Gasteiger charge is 2.21. The molecule has 0 heterocycles. The first kappa shape index (κ1) is 30.4. The van der Waals surface area contributed by atoms with Crippen molar-refractivity contribution in [1.82, 2.24) is 5.32 Å². The fraction of sp³-hybridized carbons (Fsp3) is 0.361. The van der Waals surface area contributed by atoms with E-state index >= 15 is 0 Å². The number of aliphatic hydroxyl groups excluding tert-OH is 1. The van der Waals surface area contributed by atoms with E-state index in [1.807, 2.05) is 43.3 Å². The Labute approximate surface area is 244 Å². The van der Waals surface area contributed by atoms with Crippen LogP contribution in [0.4, 0.5) is 0 Å². The third-order valence-corrected chi connectivity index (χ3v) is 7.49. The zero-order chi connectivity index (χ0) is 29.6. The Bertz CT molecular complexity index is 1480. The monoisotopic (exact) mass is 553 g/mol. The number of fused-ring (bicyclic) bond motifs is 1. The van der Waals surface area contributed by atoms with Crippen LogP contribution >= 0.6 is 0 Å². The first-order valence-electron chi connectivity index (χ1n) is 14.5. The van der Waals surface area contributed by atoms with Crippen molar-refractivity contribution in [3.8, 4) is 11.1 Å². The third-order valence-electron chi connectivity index (χ3n) is 7.49. The van der Waals surface area contributed by atoms with Crippen LogP contribution in [0.25, 0.3) is 21.9 Å². The molecule has 4 rings (SSSR count). The van der Waals surface area contributed by atoms with E-state index in [-0.39, 0.29) is 18.2 Å². The van der Waals surface area contributed by atoms with E-state index in [2.05, 4.69) is 75.5 Å². The van der Waals surface area contributed by atoms with Crippen LogP contribution in [0.2, 0.25) is 0 Å². The van der Waals surface area contributed by atoms with Gasteiger partial charge in [0.25, 0.3) is 0 Å². The second-order valence-corrected chi connectivity index (χ2v) is 12.1. The molecule has 0 amide bonds. The van der Waals surface area contributed by atoms with Gasteiger partial charge in [-0.1, -0.05) is 92.7 Å². The van der Waals surface area contributed by atoms with Gasteiger partial charge < -0.3 is 20.3 Å². The van der Waals surface area contributed by atoms with E-state index in [0.717, 1.165) is 28.7 Å². The standard InChI is InChI=1S/C36H43NO4/c1-24(2)18-30-20-29(16-17-34(30)35(39)40)33-13-9-8-12-32(33)25(3)41-23-31(38)22-37-36(4,5)21-26-14-15-27-10-6-7-11-28(27)19-26/h6-17,19-20,24-25,31,37-38H,18,21-23H2,1-5H3,(H,39,40)/t25?,31-/m1/s1. The van der Waals surface area contributed by atoms with Gasteiger partial charge >= 0.3 is 5.97 Å². The van der Waals surface area contributed by atoms with Gasteiger partial charge in [0.15, 0.2) is 0 Å². The van der Waals surface area contributed by atoms with Crippen LogP contribution in [-0.4, -0.2) is 41.0 Å². The van der Waals surface area contributed by atoms with E-state index in [4.69, 9.17) is 4.74 Å². The molecule has 0 spiro atoms. The number of aromatic carboxylic acids is 1. The molecule has 0 aliphatic heterocycles. The maximum Gasteiger partial charge on any atom is 0.335 e. The zero-order valence-corrected chi connectivity index (χ0v) is 24.9. The summed E-state index contributed by atoms with van der Waals surface area (Å²) in [5, 5.41) is 26.4. The lowest BCUT2D eigenvalue weighted by Crippen LogP contribution is -2.46. The van der Waals surface area contributed by atoms with Gasteiger partial charge in [0.05, 0.1) is 24.4 Å². The Balaban J connectivity index is 1.37. The molecule has 0 fully saturated rings. The molecule has 0 radical (unpaired) electrons. The van der Waals surface area contributed by atoms with E-state index in [0.29, 0.717) is 24.4 Å². The van der Waals surface area contributed by atoms with Gasteiger partial charge in [0.1, 0.15) is 0 Å². The van der Waals surface area contributed by atoms with Crippen LogP contribution in [0.15, 0.2) is 84.9 Å². The third kappa shape index (κ3) is 8.26. The summed E-state index contributed by atoms with van der Waals surface area (Å²) in [5.74, 6) is -0.561. The highest BCUT2D eigenvalue weighted by molar-refractivity contribution is 5.90. The molecule has 0 bridgehead atoms. The first-order valence-corrected chi connectivity index (χ1v) is 14.5. The van der Waals surface area contributed by atoms with Gasteiger partial charge in [0.2, 0.25) is 0 Å². The molecule has 216 valence electrons. The van der Waals surface area contributed by atoms with E-state index in [1.165, 1.54) is 16.3 Å². The molecule has 41 heavy (non-hydrogen) atoms. The Hall–Kier alpha value is -3.51. The predicted octanol–water partition coefficient (Wildman–Crippen LogP) is 7.45. The molecule has 3 N–H and O–H groups in total. The number of hydrogen-bond acceptors (Lipinski definition) is 4. The van der Waals surface area contributed by atoms with Crippen molar-refractivity contribution in [2.24, 2.45) is 5.92 Å². The molecule has 4 aromatic rings. The van der Waals surface area contributed by atoms with Crippen molar-refractivity contribution < 1.29 is 19.7 Å². The smallest absolute Gasteiger partial charge is 0.335 e. The Kier molecular flexibility index (Phi) is 9.98. The number of benzene rings is 4. The number of β-amino-alcohol motifs (C(OH)–C–C–N with tert-alkyl or cyclic N) is 1. The SMILES string of the molecule is CC(C)Cc1cc(-c2ccccc2C(C)OC[C@H](O)CNC(C)(C)Cc2ccc3ccccc3c2)ccc1C(=O)O. The van der Waals surface area contributed by atoms with E-state index in [9.17, 15) is 15.0 Å². The molecule has 5 heteroatoms. The summed E-state index contributed by atoms with van der Waals surface area (Å²) in [5.41, 5.74) is 5.22. The molecule has 5 nitrogen and oxygen atoms in total. The topological polar surface area (TPSA) is 78.8 Å². The van der Waals surface area contributed by atoms with Crippen LogP contribution in [0.5, 0.6) is 0 Å². The number of aliphatic hydroxyl groups is 1. The minimum Gasteiger partial charge on any atom is -0.478 e. The molecule has 0 aliphatic carbocycles. The van der Waals surface area contributed by atoms with Crippen molar-refractivity contribution in [3.05, 3.63) is 107 Å². The first-order chi connectivity index (χ1) is 19.5.